The van der Waals surface area contributed by atoms with Crippen molar-refractivity contribution in [1.29, 1.82) is 0 Å². The van der Waals surface area contributed by atoms with Crippen molar-refractivity contribution in [3.05, 3.63) is 33.8 Å². The van der Waals surface area contributed by atoms with Crippen molar-refractivity contribution in [2.75, 3.05) is 13.7 Å². The molecule has 0 spiro atoms. The van der Waals surface area contributed by atoms with Crippen LogP contribution in [0.1, 0.15) is 19.4 Å². The molecule has 1 aromatic carbocycles. The molecule has 0 radical (unpaired) electrons. The van der Waals surface area contributed by atoms with E-state index in [2.05, 4.69) is 5.32 Å². The molecule has 0 amide bonds. The molecule has 0 saturated heterocycles. The van der Waals surface area contributed by atoms with Gasteiger partial charge < -0.3 is 10.1 Å². The molecule has 0 aliphatic heterocycles. The summed E-state index contributed by atoms with van der Waals surface area (Å²) in [5, 5.41) is 4.69. The average molecular weight is 276 g/mol. The molecule has 0 heterocycles. The Kier molecular flexibility index (Phi) is 6.28. The maximum atomic E-state index is 6.13. The molecule has 1 aromatic rings. The van der Waals surface area contributed by atoms with Gasteiger partial charge in [-0.3, -0.25) is 0 Å². The van der Waals surface area contributed by atoms with E-state index in [0.29, 0.717) is 11.6 Å². The molecule has 17 heavy (non-hydrogen) atoms. The Balaban J connectivity index is 2.63. The van der Waals surface area contributed by atoms with Gasteiger partial charge in [-0.2, -0.15) is 0 Å². The van der Waals surface area contributed by atoms with Crippen molar-refractivity contribution in [1.82, 2.24) is 5.32 Å². The van der Waals surface area contributed by atoms with Gasteiger partial charge in [-0.25, -0.2) is 0 Å². The lowest BCUT2D eigenvalue weighted by atomic mass is 10.1. The molecule has 1 unspecified atom stereocenters. The van der Waals surface area contributed by atoms with Crippen LogP contribution < -0.4 is 5.32 Å². The van der Waals surface area contributed by atoms with Crippen molar-refractivity contribution < 1.29 is 4.74 Å². The Hall–Kier alpha value is -0.280. The zero-order chi connectivity index (χ0) is 12.8. The van der Waals surface area contributed by atoms with Crippen molar-refractivity contribution in [3.63, 3.8) is 0 Å². The molecular weight excluding hydrogens is 257 g/mol. The monoisotopic (exact) mass is 275 g/mol. The van der Waals surface area contributed by atoms with E-state index in [4.69, 9.17) is 27.9 Å². The third-order valence-electron chi connectivity index (χ3n) is 2.51. The van der Waals surface area contributed by atoms with Gasteiger partial charge in [0.25, 0.3) is 0 Å². The Labute approximate surface area is 113 Å². The summed E-state index contributed by atoms with van der Waals surface area (Å²) in [4.78, 5) is 0. The van der Waals surface area contributed by atoms with Crippen molar-refractivity contribution >= 4 is 23.2 Å². The smallest absolute Gasteiger partial charge is 0.0626 e. The van der Waals surface area contributed by atoms with Gasteiger partial charge in [0.1, 0.15) is 0 Å². The number of rotatable bonds is 6. The quantitative estimate of drug-likeness (QED) is 0.858. The van der Waals surface area contributed by atoms with E-state index in [1.165, 1.54) is 0 Å². The van der Waals surface area contributed by atoms with Crippen LogP contribution >= 0.6 is 23.2 Å². The Morgan fingerprint density at radius 2 is 2.00 bits per heavy atom. The van der Waals surface area contributed by atoms with Crippen molar-refractivity contribution in [2.45, 2.75) is 32.4 Å². The summed E-state index contributed by atoms with van der Waals surface area (Å²) in [5.74, 6) is 0. The summed E-state index contributed by atoms with van der Waals surface area (Å²) in [6, 6.07) is 5.78. The molecule has 0 fully saturated rings. The predicted octanol–water partition coefficient (Wildman–Crippen LogP) is 3.55. The minimum atomic E-state index is 0.237. The number of ether oxygens (including phenoxy) is 1. The highest BCUT2D eigenvalue weighted by Gasteiger charge is 2.11. The lowest BCUT2D eigenvalue weighted by Gasteiger charge is -2.18. The summed E-state index contributed by atoms with van der Waals surface area (Å²) in [5.41, 5.74) is 1.05. The summed E-state index contributed by atoms with van der Waals surface area (Å²) in [6.07, 6.45) is 1.04. The first-order valence-electron chi connectivity index (χ1n) is 5.75. The van der Waals surface area contributed by atoms with Crippen LogP contribution in [0, 0.1) is 0 Å². The van der Waals surface area contributed by atoms with Gasteiger partial charge in [0.15, 0.2) is 0 Å². The van der Waals surface area contributed by atoms with Crippen molar-refractivity contribution in [2.24, 2.45) is 0 Å². The first-order chi connectivity index (χ1) is 8.02. The molecule has 1 atom stereocenters. The van der Waals surface area contributed by atoms with Gasteiger partial charge in [-0.1, -0.05) is 23.2 Å². The molecule has 0 aliphatic carbocycles. The zero-order valence-corrected chi connectivity index (χ0v) is 12.0. The lowest BCUT2D eigenvalue weighted by Crippen LogP contribution is -2.33. The van der Waals surface area contributed by atoms with E-state index in [-0.39, 0.29) is 12.1 Å². The topological polar surface area (TPSA) is 21.3 Å². The van der Waals surface area contributed by atoms with Gasteiger partial charge in [-0.15, -0.1) is 0 Å². The predicted molar refractivity (Wildman–Crippen MR) is 74.1 cm³/mol. The fourth-order valence-electron chi connectivity index (χ4n) is 1.52. The van der Waals surface area contributed by atoms with E-state index >= 15 is 0 Å². The number of hydrogen-bond donors (Lipinski definition) is 1. The molecule has 0 saturated carbocycles. The molecule has 4 heteroatoms. The van der Waals surface area contributed by atoms with E-state index in [1.807, 2.05) is 33.0 Å². The largest absolute Gasteiger partial charge is 0.377 e. The Morgan fingerprint density at radius 1 is 1.29 bits per heavy atom. The third kappa shape index (κ3) is 5.26. The average Bonchev–Trinajstić information content (AvgIpc) is 2.28. The summed E-state index contributed by atoms with van der Waals surface area (Å²) in [7, 11) is 1.92. The number of benzene rings is 1. The van der Waals surface area contributed by atoms with Gasteiger partial charge in [-0.05, 0) is 51.1 Å². The van der Waals surface area contributed by atoms with Crippen LogP contribution in [0.2, 0.25) is 10.0 Å². The van der Waals surface area contributed by atoms with Crippen LogP contribution in [0.25, 0.3) is 0 Å². The van der Waals surface area contributed by atoms with Crippen LogP contribution in [0.15, 0.2) is 18.2 Å². The highest BCUT2D eigenvalue weighted by atomic mass is 35.5. The third-order valence-corrected chi connectivity index (χ3v) is 3.12. The lowest BCUT2D eigenvalue weighted by molar-refractivity contribution is 0.0628. The van der Waals surface area contributed by atoms with Gasteiger partial charge in [0.05, 0.1) is 12.7 Å². The number of halogens is 2. The maximum Gasteiger partial charge on any atom is 0.0626 e. The van der Waals surface area contributed by atoms with Crippen molar-refractivity contribution in [3.8, 4) is 0 Å². The summed E-state index contributed by atoms with van der Waals surface area (Å²) >= 11 is 12.1. The van der Waals surface area contributed by atoms with Gasteiger partial charge in [0, 0.05) is 16.1 Å². The molecule has 0 aromatic heterocycles. The zero-order valence-electron chi connectivity index (χ0n) is 10.5. The highest BCUT2D eigenvalue weighted by Crippen LogP contribution is 2.22. The second-order valence-electron chi connectivity index (χ2n) is 4.31. The second-order valence-corrected chi connectivity index (χ2v) is 5.15. The standard InChI is InChI=1S/C13H19Cl2NO/c1-9(2)17-8-12(16-3)7-10-6-11(14)4-5-13(10)15/h4-6,9,12,16H,7-8H2,1-3H3. The normalized spacial score (nSPS) is 13.1. The van der Waals surface area contributed by atoms with Crippen LogP contribution in [0.5, 0.6) is 0 Å². The van der Waals surface area contributed by atoms with E-state index < -0.39 is 0 Å². The van der Waals surface area contributed by atoms with Crippen LogP contribution in [-0.2, 0) is 11.2 Å². The molecule has 0 bridgehead atoms. The second kappa shape index (κ2) is 7.22. The molecule has 96 valence electrons. The molecule has 1 rings (SSSR count). The Morgan fingerprint density at radius 3 is 2.59 bits per heavy atom. The van der Waals surface area contributed by atoms with Crippen LogP contribution in [0.4, 0.5) is 0 Å². The first-order valence-corrected chi connectivity index (χ1v) is 6.51. The van der Waals surface area contributed by atoms with Gasteiger partial charge in [0.2, 0.25) is 0 Å². The summed E-state index contributed by atoms with van der Waals surface area (Å²) < 4.78 is 5.60. The van der Waals surface area contributed by atoms with E-state index in [9.17, 15) is 0 Å². The fraction of sp³-hybridized carbons (Fsp3) is 0.538. The van der Waals surface area contributed by atoms with E-state index in [1.54, 1.807) is 6.07 Å². The molecule has 2 nitrogen and oxygen atoms in total. The van der Waals surface area contributed by atoms with E-state index in [0.717, 1.165) is 17.0 Å². The first kappa shape index (κ1) is 14.8. The van der Waals surface area contributed by atoms with Crippen LogP contribution in [-0.4, -0.2) is 25.8 Å². The minimum Gasteiger partial charge on any atom is -0.377 e. The maximum absolute atomic E-state index is 6.13. The Bertz CT molecular complexity index is 355. The minimum absolute atomic E-state index is 0.237. The fourth-order valence-corrected chi connectivity index (χ4v) is 1.91. The number of likely N-dealkylation sites (N-methyl/N-ethyl adjacent to an activating group) is 1. The molecule has 1 N–H and O–H groups in total. The highest BCUT2D eigenvalue weighted by molar-refractivity contribution is 6.33. The number of hydrogen-bond acceptors (Lipinski definition) is 2. The SMILES string of the molecule is CNC(COC(C)C)Cc1cc(Cl)ccc1Cl. The summed E-state index contributed by atoms with van der Waals surface area (Å²) in [6.45, 7) is 4.72. The van der Waals surface area contributed by atoms with Crippen LogP contribution in [0.3, 0.4) is 0 Å². The van der Waals surface area contributed by atoms with Gasteiger partial charge >= 0.3 is 0 Å². The molecule has 0 aliphatic rings. The number of nitrogens with one attached hydrogen (secondary N) is 1. The molecular formula is C13H19Cl2NO.